The predicted molar refractivity (Wildman–Crippen MR) is 168 cm³/mol. The quantitative estimate of drug-likeness (QED) is 0.268. The molecule has 1 fully saturated rings. The van der Waals surface area contributed by atoms with Crippen LogP contribution in [0.5, 0.6) is 5.75 Å². The maximum atomic E-state index is 13.3. The number of rotatable bonds is 11. The molecule has 2 aliphatic rings. The minimum absolute atomic E-state index is 0.0581. The lowest BCUT2D eigenvalue weighted by Crippen LogP contribution is -2.57. The molecule has 1 N–H and O–H groups in total. The average molecular weight is 598 g/mol. The van der Waals surface area contributed by atoms with Crippen LogP contribution in [-0.2, 0) is 27.2 Å². The number of nitrogens with zero attached hydrogens (tertiary/aromatic N) is 1. The summed E-state index contributed by atoms with van der Waals surface area (Å²) in [6.45, 7) is 9.40. The molecule has 42 heavy (non-hydrogen) atoms. The lowest BCUT2D eigenvalue weighted by molar-refractivity contribution is -0.0673. The van der Waals surface area contributed by atoms with Crippen LogP contribution in [0.25, 0.3) is 5.57 Å². The van der Waals surface area contributed by atoms with Gasteiger partial charge in [0.2, 0.25) is 0 Å². The van der Waals surface area contributed by atoms with Gasteiger partial charge in [-0.25, -0.2) is 9.00 Å². The van der Waals surface area contributed by atoms with Gasteiger partial charge in [0.1, 0.15) is 18.0 Å². The molecular formula is C34H47NO6S. The third kappa shape index (κ3) is 9.16. The second kappa shape index (κ2) is 14.7. The molecule has 4 unspecified atom stereocenters. The smallest absolute Gasteiger partial charge is 0.410 e. The van der Waals surface area contributed by atoms with Crippen molar-refractivity contribution in [1.29, 1.82) is 0 Å². The van der Waals surface area contributed by atoms with Crippen LogP contribution < -0.4 is 4.74 Å². The highest BCUT2D eigenvalue weighted by atomic mass is 32.2. The standard InChI is InChI=1S/C34H47NO6S/c1-33(2,3)41-32(36)35-22-10-20-34(4,21-11-23-42(37)38)31(35)25-39-28-18-16-27(17-19-28)29-14-8-9-15-30(29)40-24-26-12-6-5-7-13-26/h5-9,12-16,28,31H,10-11,17-25H2,1-4H3,(H,37,38). The number of amides is 1. The van der Waals surface area contributed by atoms with Crippen molar-refractivity contribution in [2.45, 2.75) is 97.0 Å². The molecule has 1 amide bonds. The maximum Gasteiger partial charge on any atom is 0.410 e. The molecule has 4 atom stereocenters. The van der Waals surface area contributed by atoms with E-state index in [-0.39, 0.29) is 29.4 Å². The molecule has 7 nitrogen and oxygen atoms in total. The Morgan fingerprint density at radius 2 is 1.86 bits per heavy atom. The maximum absolute atomic E-state index is 13.3. The Labute approximate surface area is 253 Å². The van der Waals surface area contributed by atoms with E-state index in [1.807, 2.05) is 56.0 Å². The fraction of sp³-hybridized carbons (Fsp3) is 0.559. The van der Waals surface area contributed by atoms with Crippen molar-refractivity contribution in [2.24, 2.45) is 5.41 Å². The van der Waals surface area contributed by atoms with Gasteiger partial charge in [-0.1, -0.05) is 61.5 Å². The normalized spacial score (nSPS) is 23.6. The zero-order valence-electron chi connectivity index (χ0n) is 25.6. The van der Waals surface area contributed by atoms with Gasteiger partial charge in [0.25, 0.3) is 0 Å². The first-order valence-corrected chi connectivity index (χ1v) is 16.5. The van der Waals surface area contributed by atoms with Crippen molar-refractivity contribution in [3.8, 4) is 5.75 Å². The van der Waals surface area contributed by atoms with E-state index >= 15 is 0 Å². The van der Waals surface area contributed by atoms with E-state index in [4.69, 9.17) is 14.2 Å². The predicted octanol–water partition coefficient (Wildman–Crippen LogP) is 7.63. The number of hydrogen-bond donors (Lipinski definition) is 1. The van der Waals surface area contributed by atoms with Gasteiger partial charge in [0, 0.05) is 17.9 Å². The van der Waals surface area contributed by atoms with Crippen LogP contribution in [0.4, 0.5) is 4.79 Å². The second-order valence-corrected chi connectivity index (χ2v) is 13.9. The molecular weight excluding hydrogens is 550 g/mol. The third-order valence-electron chi connectivity index (χ3n) is 8.35. The van der Waals surface area contributed by atoms with Crippen LogP contribution in [0.3, 0.4) is 0 Å². The lowest BCUT2D eigenvalue weighted by Gasteiger charge is -2.48. The fourth-order valence-corrected chi connectivity index (χ4v) is 6.49. The highest BCUT2D eigenvalue weighted by molar-refractivity contribution is 7.79. The van der Waals surface area contributed by atoms with E-state index in [2.05, 4.69) is 37.3 Å². The zero-order valence-corrected chi connectivity index (χ0v) is 26.4. The number of benzene rings is 2. The Morgan fingerprint density at radius 1 is 1.12 bits per heavy atom. The number of piperidine rings is 1. The van der Waals surface area contributed by atoms with Gasteiger partial charge in [-0.3, -0.25) is 0 Å². The first kappa shape index (κ1) is 32.2. The van der Waals surface area contributed by atoms with Gasteiger partial charge >= 0.3 is 6.09 Å². The lowest BCUT2D eigenvalue weighted by atomic mass is 9.72. The largest absolute Gasteiger partial charge is 0.488 e. The van der Waals surface area contributed by atoms with E-state index in [1.54, 1.807) is 0 Å². The van der Waals surface area contributed by atoms with E-state index < -0.39 is 16.7 Å². The van der Waals surface area contributed by atoms with E-state index in [9.17, 15) is 13.6 Å². The van der Waals surface area contributed by atoms with Gasteiger partial charge < -0.3 is 23.7 Å². The molecule has 1 saturated heterocycles. The highest BCUT2D eigenvalue weighted by Gasteiger charge is 2.44. The summed E-state index contributed by atoms with van der Waals surface area (Å²) in [5.41, 5.74) is 2.73. The number of allylic oxidation sites excluding steroid dienone is 1. The molecule has 2 aromatic carbocycles. The highest BCUT2D eigenvalue weighted by Crippen LogP contribution is 2.41. The summed E-state index contributed by atoms with van der Waals surface area (Å²) in [6, 6.07) is 18.2. The molecule has 1 aliphatic heterocycles. The van der Waals surface area contributed by atoms with Gasteiger partial charge in [0.15, 0.2) is 11.1 Å². The summed E-state index contributed by atoms with van der Waals surface area (Å²) in [6.07, 6.45) is 7.76. The Morgan fingerprint density at radius 3 is 2.55 bits per heavy atom. The summed E-state index contributed by atoms with van der Waals surface area (Å²) < 4.78 is 39.2. The molecule has 2 aromatic rings. The Hall–Kier alpha value is -2.68. The second-order valence-electron chi connectivity index (χ2n) is 12.8. The van der Waals surface area contributed by atoms with Crippen molar-refractivity contribution < 1.29 is 27.8 Å². The van der Waals surface area contributed by atoms with Crippen molar-refractivity contribution in [1.82, 2.24) is 4.90 Å². The van der Waals surface area contributed by atoms with Crippen molar-refractivity contribution in [3.63, 3.8) is 0 Å². The van der Waals surface area contributed by atoms with Crippen LogP contribution >= 0.6 is 0 Å². The Kier molecular flexibility index (Phi) is 11.3. The van der Waals surface area contributed by atoms with Crippen LogP contribution in [0, 0.1) is 5.41 Å². The topological polar surface area (TPSA) is 85.3 Å². The van der Waals surface area contributed by atoms with E-state index in [0.717, 1.165) is 55.4 Å². The van der Waals surface area contributed by atoms with Crippen molar-refractivity contribution >= 4 is 22.7 Å². The van der Waals surface area contributed by atoms with Gasteiger partial charge in [-0.2, -0.15) is 0 Å². The molecule has 230 valence electrons. The Bertz CT molecular complexity index is 1230. The molecule has 1 aliphatic carbocycles. The minimum atomic E-state index is -1.82. The average Bonchev–Trinajstić information content (AvgIpc) is 2.95. The number of para-hydroxylation sites is 1. The molecule has 0 spiro atoms. The Balaban J connectivity index is 1.42. The van der Waals surface area contributed by atoms with Gasteiger partial charge in [-0.05, 0) is 88.3 Å². The first-order valence-electron chi connectivity index (χ1n) is 15.2. The summed E-state index contributed by atoms with van der Waals surface area (Å²) >= 11 is -1.82. The van der Waals surface area contributed by atoms with Crippen LogP contribution in [-0.4, -0.2) is 56.4 Å². The first-order chi connectivity index (χ1) is 20.0. The number of likely N-dealkylation sites (tertiary alicyclic amines) is 1. The molecule has 8 heteroatoms. The fourth-order valence-electron chi connectivity index (χ4n) is 6.10. The van der Waals surface area contributed by atoms with Gasteiger partial charge in [-0.15, -0.1) is 0 Å². The molecule has 0 aromatic heterocycles. The summed E-state index contributed by atoms with van der Waals surface area (Å²) in [4.78, 5) is 15.1. The number of carbonyl (C=O) groups is 1. The van der Waals surface area contributed by atoms with Crippen LogP contribution in [0.15, 0.2) is 60.7 Å². The zero-order chi connectivity index (χ0) is 30.2. The third-order valence-corrected chi connectivity index (χ3v) is 8.98. The summed E-state index contributed by atoms with van der Waals surface area (Å²) in [5, 5.41) is 0. The molecule has 4 rings (SSSR count). The summed E-state index contributed by atoms with van der Waals surface area (Å²) in [5.74, 6) is 1.13. The number of hydrogen-bond acceptors (Lipinski definition) is 5. The van der Waals surface area contributed by atoms with Crippen LogP contribution in [0.2, 0.25) is 0 Å². The number of carbonyl (C=O) groups excluding carboxylic acids is 1. The monoisotopic (exact) mass is 597 g/mol. The molecule has 0 saturated carbocycles. The molecule has 0 bridgehead atoms. The van der Waals surface area contributed by atoms with Crippen LogP contribution in [0.1, 0.15) is 83.8 Å². The SMILES string of the molecule is CC(C)(C)OC(=O)N1CCCC(C)(CCCS(=O)O)C1COC1CC=C(c2ccccc2OCc2ccccc2)CC1. The van der Waals surface area contributed by atoms with E-state index in [0.29, 0.717) is 26.2 Å². The van der Waals surface area contributed by atoms with Crippen molar-refractivity contribution in [2.75, 3.05) is 18.9 Å². The van der Waals surface area contributed by atoms with Crippen molar-refractivity contribution in [3.05, 3.63) is 71.8 Å². The minimum Gasteiger partial charge on any atom is -0.488 e. The summed E-state index contributed by atoms with van der Waals surface area (Å²) in [7, 11) is 0. The molecule has 0 radical (unpaired) electrons. The number of ether oxygens (including phenoxy) is 3. The van der Waals surface area contributed by atoms with Gasteiger partial charge in [0.05, 0.1) is 18.8 Å². The van der Waals surface area contributed by atoms with E-state index in [1.165, 1.54) is 5.57 Å². The molecule has 1 heterocycles.